The van der Waals surface area contributed by atoms with Crippen molar-refractivity contribution >= 4 is 46.4 Å². The summed E-state index contributed by atoms with van der Waals surface area (Å²) in [4.78, 5) is 31.1. The molecular formula is C22H22Cl2FN3O2. The molecule has 2 heterocycles. The lowest BCUT2D eigenvalue weighted by atomic mass is 10.1. The number of hydrogen-bond acceptors (Lipinski definition) is 3. The number of benzene rings is 2. The number of piperazine rings is 1. The molecule has 2 fully saturated rings. The summed E-state index contributed by atoms with van der Waals surface area (Å²) in [6, 6.07) is 9.99. The van der Waals surface area contributed by atoms with Crippen LogP contribution in [0.2, 0.25) is 10.0 Å². The van der Waals surface area contributed by atoms with E-state index >= 15 is 0 Å². The summed E-state index contributed by atoms with van der Waals surface area (Å²) in [5.41, 5.74) is 2.75. The standard InChI is InChI=1S/C22H22Cl2FN3O2/c1-14-2-3-16(23)11-20(14)26-6-8-27(9-7-26)22(30)15-10-21(29)28(13-15)17-4-5-19(25)18(24)12-17/h2-5,11-12,15H,6-10,13H2,1H3/t15-/m1/s1. The Morgan fingerprint density at radius 2 is 1.80 bits per heavy atom. The van der Waals surface area contributed by atoms with Gasteiger partial charge in [-0.15, -0.1) is 0 Å². The molecule has 2 aliphatic heterocycles. The Morgan fingerprint density at radius 3 is 2.50 bits per heavy atom. The van der Waals surface area contributed by atoms with E-state index in [1.807, 2.05) is 30.0 Å². The number of halogens is 3. The number of anilines is 2. The van der Waals surface area contributed by atoms with Gasteiger partial charge in [0.15, 0.2) is 0 Å². The fourth-order valence-electron chi connectivity index (χ4n) is 4.12. The van der Waals surface area contributed by atoms with E-state index in [0.29, 0.717) is 36.9 Å². The average Bonchev–Trinajstić information content (AvgIpc) is 3.13. The van der Waals surface area contributed by atoms with E-state index in [0.717, 1.165) is 11.3 Å². The molecule has 2 aliphatic rings. The lowest BCUT2D eigenvalue weighted by Crippen LogP contribution is -2.50. The van der Waals surface area contributed by atoms with Gasteiger partial charge in [-0.3, -0.25) is 9.59 Å². The van der Waals surface area contributed by atoms with Crippen molar-refractivity contribution in [1.82, 2.24) is 4.90 Å². The molecule has 158 valence electrons. The maximum atomic E-state index is 13.4. The van der Waals surface area contributed by atoms with Gasteiger partial charge in [-0.05, 0) is 42.8 Å². The zero-order chi connectivity index (χ0) is 21.4. The maximum absolute atomic E-state index is 13.4. The molecule has 2 aromatic carbocycles. The van der Waals surface area contributed by atoms with Crippen molar-refractivity contribution in [2.75, 3.05) is 42.5 Å². The highest BCUT2D eigenvalue weighted by Gasteiger charge is 2.38. The summed E-state index contributed by atoms with van der Waals surface area (Å²) in [6.45, 7) is 4.95. The minimum atomic E-state index is -0.535. The number of aryl methyl sites for hydroxylation is 1. The molecule has 4 rings (SSSR count). The summed E-state index contributed by atoms with van der Waals surface area (Å²) in [5, 5.41) is 0.655. The van der Waals surface area contributed by atoms with Gasteiger partial charge >= 0.3 is 0 Å². The van der Waals surface area contributed by atoms with Crippen molar-refractivity contribution < 1.29 is 14.0 Å². The Morgan fingerprint density at radius 1 is 1.07 bits per heavy atom. The Labute approximate surface area is 185 Å². The third-order valence-electron chi connectivity index (χ3n) is 5.79. The summed E-state index contributed by atoms with van der Waals surface area (Å²) in [6.07, 6.45) is 0.154. The lowest BCUT2D eigenvalue weighted by molar-refractivity contribution is -0.136. The van der Waals surface area contributed by atoms with Crippen LogP contribution in [-0.2, 0) is 9.59 Å². The topological polar surface area (TPSA) is 43.9 Å². The number of amides is 2. The first-order valence-electron chi connectivity index (χ1n) is 9.89. The predicted octanol–water partition coefficient (Wildman–Crippen LogP) is 4.14. The molecule has 0 bridgehead atoms. The SMILES string of the molecule is Cc1ccc(Cl)cc1N1CCN(C(=O)[C@@H]2CC(=O)N(c3ccc(F)c(Cl)c3)C2)CC1. The van der Waals surface area contributed by atoms with Crippen molar-refractivity contribution in [2.45, 2.75) is 13.3 Å². The fourth-order valence-corrected chi connectivity index (χ4v) is 4.47. The van der Waals surface area contributed by atoms with Crippen molar-refractivity contribution in [2.24, 2.45) is 5.92 Å². The summed E-state index contributed by atoms with van der Waals surface area (Å²) in [7, 11) is 0. The van der Waals surface area contributed by atoms with E-state index in [9.17, 15) is 14.0 Å². The van der Waals surface area contributed by atoms with E-state index in [2.05, 4.69) is 4.90 Å². The van der Waals surface area contributed by atoms with Gasteiger partial charge in [0.25, 0.3) is 0 Å². The molecule has 2 saturated heterocycles. The lowest BCUT2D eigenvalue weighted by Gasteiger charge is -2.37. The number of carbonyl (C=O) groups is 2. The van der Waals surface area contributed by atoms with Gasteiger partial charge in [-0.2, -0.15) is 0 Å². The molecule has 5 nitrogen and oxygen atoms in total. The molecule has 1 atom stereocenters. The molecule has 2 aromatic rings. The normalized spacial score (nSPS) is 19.5. The average molecular weight is 450 g/mol. The largest absolute Gasteiger partial charge is 0.368 e. The van der Waals surface area contributed by atoms with Crippen LogP contribution in [0.15, 0.2) is 36.4 Å². The van der Waals surface area contributed by atoms with Gasteiger partial charge in [0.1, 0.15) is 5.82 Å². The summed E-state index contributed by atoms with van der Waals surface area (Å²) in [5.74, 6) is -1.10. The van der Waals surface area contributed by atoms with Crippen LogP contribution in [0.4, 0.5) is 15.8 Å². The Kier molecular flexibility index (Phi) is 5.89. The first kappa shape index (κ1) is 20.9. The first-order chi connectivity index (χ1) is 14.3. The van der Waals surface area contributed by atoms with E-state index in [-0.39, 0.29) is 29.8 Å². The minimum absolute atomic E-state index is 0.0125. The van der Waals surface area contributed by atoms with Gasteiger partial charge in [0, 0.05) is 55.5 Å². The first-order valence-corrected chi connectivity index (χ1v) is 10.6. The van der Waals surface area contributed by atoms with Crippen LogP contribution in [0.25, 0.3) is 0 Å². The molecule has 8 heteroatoms. The van der Waals surface area contributed by atoms with Crippen molar-refractivity contribution in [3.63, 3.8) is 0 Å². The number of carbonyl (C=O) groups excluding carboxylic acids is 2. The molecule has 2 amide bonds. The highest BCUT2D eigenvalue weighted by molar-refractivity contribution is 6.31. The summed E-state index contributed by atoms with van der Waals surface area (Å²) >= 11 is 12.0. The highest BCUT2D eigenvalue weighted by Crippen LogP contribution is 2.30. The fraction of sp³-hybridized carbons (Fsp3) is 0.364. The Hall–Kier alpha value is -2.31. The molecule has 0 aliphatic carbocycles. The van der Waals surface area contributed by atoms with Crippen LogP contribution < -0.4 is 9.80 Å². The van der Waals surface area contributed by atoms with Gasteiger partial charge in [-0.25, -0.2) is 4.39 Å². The van der Waals surface area contributed by atoms with Crippen LogP contribution in [0.5, 0.6) is 0 Å². The third kappa shape index (κ3) is 4.12. The van der Waals surface area contributed by atoms with Gasteiger partial charge in [-0.1, -0.05) is 29.3 Å². The second-order valence-electron chi connectivity index (χ2n) is 7.75. The van der Waals surface area contributed by atoms with Gasteiger partial charge in [0.2, 0.25) is 11.8 Å². The summed E-state index contributed by atoms with van der Waals surface area (Å²) < 4.78 is 13.4. The van der Waals surface area contributed by atoms with Crippen molar-refractivity contribution in [1.29, 1.82) is 0 Å². The second kappa shape index (κ2) is 8.44. The number of nitrogens with zero attached hydrogens (tertiary/aromatic N) is 3. The minimum Gasteiger partial charge on any atom is -0.368 e. The zero-order valence-corrected chi connectivity index (χ0v) is 18.1. The zero-order valence-electron chi connectivity index (χ0n) is 16.6. The molecule has 0 unspecified atom stereocenters. The van der Waals surface area contributed by atoms with Gasteiger partial charge < -0.3 is 14.7 Å². The van der Waals surface area contributed by atoms with Crippen LogP contribution >= 0.6 is 23.2 Å². The number of hydrogen-bond donors (Lipinski definition) is 0. The van der Waals surface area contributed by atoms with E-state index < -0.39 is 11.7 Å². The smallest absolute Gasteiger partial charge is 0.228 e. The molecule has 0 radical (unpaired) electrons. The molecule has 0 saturated carbocycles. The van der Waals surface area contributed by atoms with Crippen LogP contribution in [0.3, 0.4) is 0 Å². The Bertz CT molecular complexity index is 992. The molecule has 30 heavy (non-hydrogen) atoms. The highest BCUT2D eigenvalue weighted by atomic mass is 35.5. The molecule has 0 aromatic heterocycles. The quantitative estimate of drug-likeness (QED) is 0.706. The second-order valence-corrected chi connectivity index (χ2v) is 8.59. The Balaban J connectivity index is 1.39. The van der Waals surface area contributed by atoms with E-state index in [4.69, 9.17) is 23.2 Å². The van der Waals surface area contributed by atoms with Crippen molar-refractivity contribution in [3.8, 4) is 0 Å². The van der Waals surface area contributed by atoms with Crippen LogP contribution in [0, 0.1) is 18.7 Å². The van der Waals surface area contributed by atoms with E-state index in [1.54, 1.807) is 0 Å². The van der Waals surface area contributed by atoms with Crippen molar-refractivity contribution in [3.05, 3.63) is 57.8 Å². The maximum Gasteiger partial charge on any atom is 0.228 e. The molecular weight excluding hydrogens is 428 g/mol. The monoisotopic (exact) mass is 449 g/mol. The molecule has 0 spiro atoms. The van der Waals surface area contributed by atoms with Crippen LogP contribution in [-0.4, -0.2) is 49.4 Å². The van der Waals surface area contributed by atoms with Crippen LogP contribution in [0.1, 0.15) is 12.0 Å². The molecule has 0 N–H and O–H groups in total. The number of rotatable bonds is 3. The predicted molar refractivity (Wildman–Crippen MR) is 117 cm³/mol. The van der Waals surface area contributed by atoms with Gasteiger partial charge in [0.05, 0.1) is 10.9 Å². The van der Waals surface area contributed by atoms with E-state index in [1.165, 1.54) is 23.1 Å². The third-order valence-corrected chi connectivity index (χ3v) is 6.32.